The van der Waals surface area contributed by atoms with Crippen LogP contribution in [0.1, 0.15) is 20.3 Å². The SMILES string of the molecule is CCNC(=O)CC1S/C(=N/c2nccs2)N(CC)C1=O. The summed E-state index contributed by atoms with van der Waals surface area (Å²) in [6.07, 6.45) is 1.86. The molecule has 0 aromatic carbocycles. The molecule has 1 atom stereocenters. The number of amidine groups is 1. The van der Waals surface area contributed by atoms with Gasteiger partial charge in [0.2, 0.25) is 16.9 Å². The van der Waals surface area contributed by atoms with Gasteiger partial charge in [-0.2, -0.15) is 4.99 Å². The van der Waals surface area contributed by atoms with Crippen LogP contribution in [0.15, 0.2) is 16.6 Å². The molecule has 108 valence electrons. The van der Waals surface area contributed by atoms with Crippen LogP contribution in [0.2, 0.25) is 0 Å². The Hall–Kier alpha value is -1.41. The molecule has 8 heteroatoms. The first-order valence-corrected chi connectivity index (χ1v) is 8.14. The molecule has 2 amide bonds. The summed E-state index contributed by atoms with van der Waals surface area (Å²) in [7, 11) is 0. The third kappa shape index (κ3) is 3.37. The van der Waals surface area contributed by atoms with Gasteiger partial charge in [-0.15, -0.1) is 11.3 Å². The molecule has 1 aliphatic rings. The van der Waals surface area contributed by atoms with Gasteiger partial charge in [-0.1, -0.05) is 11.8 Å². The molecule has 0 saturated carbocycles. The molecule has 0 spiro atoms. The van der Waals surface area contributed by atoms with Crippen LogP contribution in [-0.4, -0.2) is 45.2 Å². The van der Waals surface area contributed by atoms with E-state index in [1.807, 2.05) is 19.2 Å². The monoisotopic (exact) mass is 312 g/mol. The molecule has 1 unspecified atom stereocenters. The van der Waals surface area contributed by atoms with E-state index < -0.39 is 0 Å². The fourth-order valence-corrected chi connectivity index (χ4v) is 3.57. The first-order chi connectivity index (χ1) is 9.65. The number of hydrogen-bond acceptors (Lipinski definition) is 6. The average molecular weight is 312 g/mol. The van der Waals surface area contributed by atoms with E-state index in [9.17, 15) is 9.59 Å². The lowest BCUT2D eigenvalue weighted by molar-refractivity contribution is -0.129. The fraction of sp³-hybridized carbons (Fsp3) is 0.500. The van der Waals surface area contributed by atoms with Crippen LogP contribution >= 0.6 is 23.1 Å². The summed E-state index contributed by atoms with van der Waals surface area (Å²) >= 11 is 2.75. The highest BCUT2D eigenvalue weighted by molar-refractivity contribution is 8.15. The van der Waals surface area contributed by atoms with E-state index in [2.05, 4.69) is 15.3 Å². The normalized spacial score (nSPS) is 20.7. The minimum absolute atomic E-state index is 0.0564. The number of amides is 2. The van der Waals surface area contributed by atoms with Gasteiger partial charge in [-0.3, -0.25) is 14.5 Å². The predicted molar refractivity (Wildman–Crippen MR) is 81.3 cm³/mol. The summed E-state index contributed by atoms with van der Waals surface area (Å²) in [5.41, 5.74) is 0. The van der Waals surface area contributed by atoms with Gasteiger partial charge in [0.15, 0.2) is 5.17 Å². The van der Waals surface area contributed by atoms with Gasteiger partial charge in [0.25, 0.3) is 0 Å². The molecule has 1 N–H and O–H groups in total. The van der Waals surface area contributed by atoms with Gasteiger partial charge in [-0.25, -0.2) is 4.98 Å². The van der Waals surface area contributed by atoms with Gasteiger partial charge in [0.05, 0.1) is 0 Å². The Morgan fingerprint density at radius 1 is 1.55 bits per heavy atom. The molecule has 1 fully saturated rings. The Kier molecular flexibility index (Phi) is 5.13. The zero-order chi connectivity index (χ0) is 14.5. The minimum atomic E-state index is -0.389. The highest BCUT2D eigenvalue weighted by atomic mass is 32.2. The summed E-state index contributed by atoms with van der Waals surface area (Å²) in [6, 6.07) is 0. The maximum atomic E-state index is 12.2. The number of aliphatic imine (C=N–C) groups is 1. The van der Waals surface area contributed by atoms with Crippen molar-refractivity contribution in [2.45, 2.75) is 25.5 Å². The van der Waals surface area contributed by atoms with Crippen LogP contribution < -0.4 is 5.32 Å². The molecule has 6 nitrogen and oxygen atoms in total. The van der Waals surface area contributed by atoms with Crippen LogP contribution in [-0.2, 0) is 9.59 Å². The highest BCUT2D eigenvalue weighted by Crippen LogP contribution is 2.31. The van der Waals surface area contributed by atoms with Crippen molar-refractivity contribution in [3.05, 3.63) is 11.6 Å². The van der Waals surface area contributed by atoms with Crippen molar-refractivity contribution in [1.29, 1.82) is 0 Å². The topological polar surface area (TPSA) is 74.7 Å². The van der Waals surface area contributed by atoms with Crippen molar-refractivity contribution in [2.24, 2.45) is 4.99 Å². The number of aromatic nitrogens is 1. The molecule has 1 saturated heterocycles. The maximum absolute atomic E-state index is 12.2. The second kappa shape index (κ2) is 6.85. The summed E-state index contributed by atoms with van der Waals surface area (Å²) < 4.78 is 0. The molecule has 0 bridgehead atoms. The van der Waals surface area contributed by atoms with E-state index in [-0.39, 0.29) is 23.5 Å². The number of thioether (sulfide) groups is 1. The van der Waals surface area contributed by atoms with Crippen molar-refractivity contribution in [1.82, 2.24) is 15.2 Å². The second-order valence-electron chi connectivity index (χ2n) is 4.06. The van der Waals surface area contributed by atoms with Gasteiger partial charge in [-0.05, 0) is 13.8 Å². The average Bonchev–Trinajstić information content (AvgIpc) is 3.00. The minimum Gasteiger partial charge on any atom is -0.356 e. The largest absolute Gasteiger partial charge is 0.356 e. The number of carbonyl (C=O) groups is 2. The molecule has 20 heavy (non-hydrogen) atoms. The molecular weight excluding hydrogens is 296 g/mol. The summed E-state index contributed by atoms with van der Waals surface area (Å²) in [5, 5.41) is 5.41. The van der Waals surface area contributed by atoms with E-state index in [1.54, 1.807) is 11.1 Å². The van der Waals surface area contributed by atoms with E-state index in [0.29, 0.717) is 23.4 Å². The van der Waals surface area contributed by atoms with Crippen LogP contribution in [0.5, 0.6) is 0 Å². The molecular formula is C12H16N4O2S2. The predicted octanol–water partition coefficient (Wildman–Crippen LogP) is 1.62. The molecule has 0 radical (unpaired) electrons. The maximum Gasteiger partial charge on any atom is 0.242 e. The first-order valence-electron chi connectivity index (χ1n) is 6.38. The lowest BCUT2D eigenvalue weighted by Gasteiger charge is -2.12. The van der Waals surface area contributed by atoms with E-state index >= 15 is 0 Å². The van der Waals surface area contributed by atoms with Gasteiger partial charge in [0.1, 0.15) is 5.25 Å². The molecule has 2 heterocycles. The standard InChI is InChI=1S/C12H16N4O2S2/c1-3-13-9(17)7-8-10(18)16(4-2)12(20-8)15-11-14-5-6-19-11/h5-6,8H,3-4,7H2,1-2H3,(H,13,17)/b15-12+. The number of carbonyl (C=O) groups excluding carboxylic acids is 2. The van der Waals surface area contributed by atoms with Crippen LogP contribution in [0.3, 0.4) is 0 Å². The van der Waals surface area contributed by atoms with Crippen molar-refractivity contribution >= 4 is 45.2 Å². The van der Waals surface area contributed by atoms with Crippen molar-refractivity contribution in [3.8, 4) is 0 Å². The van der Waals surface area contributed by atoms with E-state index in [0.717, 1.165) is 0 Å². The van der Waals surface area contributed by atoms with Crippen LogP contribution in [0, 0.1) is 0 Å². The Balaban J connectivity index is 2.11. The lowest BCUT2D eigenvalue weighted by Crippen LogP contribution is -2.34. The first kappa shape index (κ1) is 15.0. The summed E-state index contributed by atoms with van der Waals surface area (Å²) in [6.45, 7) is 4.86. The number of thiazole rings is 1. The Morgan fingerprint density at radius 2 is 2.35 bits per heavy atom. The smallest absolute Gasteiger partial charge is 0.242 e. The summed E-state index contributed by atoms with van der Waals surface area (Å²) in [5.74, 6) is -0.163. The number of hydrogen-bond donors (Lipinski definition) is 1. The van der Waals surface area contributed by atoms with Crippen molar-refractivity contribution in [2.75, 3.05) is 13.1 Å². The van der Waals surface area contributed by atoms with Crippen LogP contribution in [0.4, 0.5) is 5.13 Å². The van der Waals surface area contributed by atoms with Gasteiger partial charge >= 0.3 is 0 Å². The molecule has 1 aliphatic heterocycles. The van der Waals surface area contributed by atoms with Crippen molar-refractivity contribution in [3.63, 3.8) is 0 Å². The number of nitrogens with one attached hydrogen (secondary N) is 1. The van der Waals surface area contributed by atoms with Crippen molar-refractivity contribution < 1.29 is 9.59 Å². The van der Waals surface area contributed by atoms with E-state index in [4.69, 9.17) is 0 Å². The summed E-state index contributed by atoms with van der Waals surface area (Å²) in [4.78, 5) is 33.9. The van der Waals surface area contributed by atoms with Gasteiger partial charge < -0.3 is 5.32 Å². The van der Waals surface area contributed by atoms with E-state index in [1.165, 1.54) is 23.1 Å². The van der Waals surface area contributed by atoms with Gasteiger partial charge in [0, 0.05) is 31.1 Å². The Morgan fingerprint density at radius 3 is 2.95 bits per heavy atom. The number of rotatable bonds is 5. The molecule has 0 aliphatic carbocycles. The second-order valence-corrected chi connectivity index (χ2v) is 6.10. The molecule has 1 aromatic rings. The Labute approximate surface area is 125 Å². The number of nitrogens with zero attached hydrogens (tertiary/aromatic N) is 3. The zero-order valence-corrected chi connectivity index (χ0v) is 13.0. The third-order valence-corrected chi connectivity index (χ3v) is 4.53. The molecule has 2 rings (SSSR count). The fourth-order valence-electron chi connectivity index (χ4n) is 1.81. The lowest BCUT2D eigenvalue weighted by atomic mass is 10.2. The Bertz CT molecular complexity index is 516. The van der Waals surface area contributed by atoms with Crippen LogP contribution in [0.25, 0.3) is 0 Å². The third-order valence-electron chi connectivity index (χ3n) is 2.69. The zero-order valence-electron chi connectivity index (χ0n) is 11.3. The molecule has 1 aromatic heterocycles. The quantitative estimate of drug-likeness (QED) is 0.896. The highest BCUT2D eigenvalue weighted by Gasteiger charge is 2.38.